The van der Waals surface area contributed by atoms with E-state index in [1.54, 1.807) is 37.3 Å². The zero-order valence-corrected chi connectivity index (χ0v) is 28.6. The molecule has 0 spiro atoms. The standard InChI is InChI=1S/C37H42ClN3O4S/c1-26(2)23-39-37(43)35(22-30-12-7-6-8-13-30)40(24-31-14-9-11-28(4)21-31)36(42)25-41(34-16-10-15-33(38)29(34)5)46(44,45)32-19-17-27(3)18-20-32/h6-21,26,35H,22-25H2,1-5H3,(H,39,43)/t35-/m1/s1. The molecular weight excluding hydrogens is 618 g/mol. The zero-order valence-electron chi connectivity index (χ0n) is 27.0. The molecule has 4 rings (SSSR count). The Bertz CT molecular complexity index is 1760. The van der Waals surface area contributed by atoms with E-state index in [0.717, 1.165) is 26.6 Å². The summed E-state index contributed by atoms with van der Waals surface area (Å²) in [6, 6.07) is 27.8. The Morgan fingerprint density at radius 3 is 2.11 bits per heavy atom. The van der Waals surface area contributed by atoms with Crippen molar-refractivity contribution in [2.24, 2.45) is 5.92 Å². The van der Waals surface area contributed by atoms with Gasteiger partial charge in [0.2, 0.25) is 11.8 Å². The van der Waals surface area contributed by atoms with Crippen molar-refractivity contribution >= 4 is 39.1 Å². The van der Waals surface area contributed by atoms with Gasteiger partial charge in [-0.25, -0.2) is 8.42 Å². The molecule has 0 aliphatic carbocycles. The fourth-order valence-electron chi connectivity index (χ4n) is 5.20. The van der Waals surface area contributed by atoms with Gasteiger partial charge >= 0.3 is 0 Å². The molecule has 1 atom stereocenters. The number of hydrogen-bond acceptors (Lipinski definition) is 4. The lowest BCUT2D eigenvalue weighted by Crippen LogP contribution is -2.53. The second-order valence-electron chi connectivity index (χ2n) is 12.1. The highest BCUT2D eigenvalue weighted by Gasteiger charge is 2.35. The van der Waals surface area contributed by atoms with Gasteiger partial charge in [-0.05, 0) is 67.6 Å². The van der Waals surface area contributed by atoms with Gasteiger partial charge in [0.1, 0.15) is 12.6 Å². The number of carbonyl (C=O) groups is 2. The molecule has 0 saturated heterocycles. The van der Waals surface area contributed by atoms with Crippen molar-refractivity contribution in [3.63, 3.8) is 0 Å². The van der Waals surface area contributed by atoms with Crippen molar-refractivity contribution < 1.29 is 18.0 Å². The van der Waals surface area contributed by atoms with Crippen LogP contribution < -0.4 is 9.62 Å². The highest BCUT2D eigenvalue weighted by Crippen LogP contribution is 2.31. The number of halogens is 1. The number of aryl methyl sites for hydroxylation is 2. The third-order valence-electron chi connectivity index (χ3n) is 7.79. The molecule has 242 valence electrons. The van der Waals surface area contributed by atoms with Gasteiger partial charge < -0.3 is 10.2 Å². The van der Waals surface area contributed by atoms with Gasteiger partial charge in [-0.2, -0.15) is 0 Å². The summed E-state index contributed by atoms with van der Waals surface area (Å²) in [5, 5.41) is 3.39. The second-order valence-corrected chi connectivity index (χ2v) is 14.3. The average Bonchev–Trinajstić information content (AvgIpc) is 3.02. The van der Waals surface area contributed by atoms with Crippen LogP contribution in [0.25, 0.3) is 0 Å². The molecule has 0 aliphatic heterocycles. The highest BCUT2D eigenvalue weighted by molar-refractivity contribution is 7.92. The van der Waals surface area contributed by atoms with Crippen LogP contribution in [-0.4, -0.2) is 44.3 Å². The van der Waals surface area contributed by atoms with Gasteiger partial charge in [0.25, 0.3) is 10.0 Å². The maximum absolute atomic E-state index is 14.6. The van der Waals surface area contributed by atoms with Crippen LogP contribution in [0.15, 0.2) is 102 Å². The Balaban J connectivity index is 1.83. The molecule has 1 N–H and O–H groups in total. The summed E-state index contributed by atoms with van der Waals surface area (Å²) in [6.45, 7) is 9.58. The monoisotopic (exact) mass is 659 g/mol. The largest absolute Gasteiger partial charge is 0.354 e. The first kappa shape index (κ1) is 34.7. The molecule has 4 aromatic carbocycles. The van der Waals surface area contributed by atoms with E-state index in [9.17, 15) is 18.0 Å². The minimum atomic E-state index is -4.22. The average molecular weight is 660 g/mol. The van der Waals surface area contributed by atoms with Gasteiger partial charge in [0.05, 0.1) is 10.6 Å². The Morgan fingerprint density at radius 1 is 0.804 bits per heavy atom. The molecule has 2 amide bonds. The molecule has 9 heteroatoms. The number of rotatable bonds is 13. The van der Waals surface area contributed by atoms with Crippen molar-refractivity contribution in [2.45, 2.75) is 58.5 Å². The number of nitrogens with one attached hydrogen (secondary N) is 1. The predicted octanol–water partition coefficient (Wildman–Crippen LogP) is 6.87. The third kappa shape index (κ3) is 8.77. The molecule has 0 bridgehead atoms. The molecule has 0 fully saturated rings. The predicted molar refractivity (Wildman–Crippen MR) is 185 cm³/mol. The van der Waals surface area contributed by atoms with E-state index in [4.69, 9.17) is 11.6 Å². The molecule has 0 saturated carbocycles. The summed E-state index contributed by atoms with van der Waals surface area (Å²) in [5.41, 5.74) is 4.43. The van der Waals surface area contributed by atoms with Crippen LogP contribution in [0.5, 0.6) is 0 Å². The van der Waals surface area contributed by atoms with Crippen LogP contribution in [0.4, 0.5) is 5.69 Å². The van der Waals surface area contributed by atoms with E-state index in [1.165, 1.54) is 17.0 Å². The molecule has 0 radical (unpaired) electrons. The summed E-state index contributed by atoms with van der Waals surface area (Å²) in [5.74, 6) is -0.620. The molecule has 46 heavy (non-hydrogen) atoms. The van der Waals surface area contributed by atoms with Crippen LogP contribution in [0.3, 0.4) is 0 Å². The van der Waals surface area contributed by atoms with E-state index in [0.29, 0.717) is 22.8 Å². The van der Waals surface area contributed by atoms with Crippen molar-refractivity contribution in [3.05, 3.63) is 130 Å². The Hall–Kier alpha value is -4.14. The van der Waals surface area contributed by atoms with Gasteiger partial charge in [-0.15, -0.1) is 0 Å². The molecule has 0 aliphatic rings. The molecule has 0 unspecified atom stereocenters. The third-order valence-corrected chi connectivity index (χ3v) is 9.97. The zero-order chi connectivity index (χ0) is 33.4. The fraction of sp³-hybridized carbons (Fsp3) is 0.297. The first-order valence-corrected chi connectivity index (χ1v) is 17.2. The normalized spacial score (nSPS) is 12.1. The van der Waals surface area contributed by atoms with Crippen molar-refractivity contribution in [1.29, 1.82) is 0 Å². The summed E-state index contributed by atoms with van der Waals surface area (Å²) in [4.78, 5) is 30.1. The van der Waals surface area contributed by atoms with Gasteiger partial charge in [0.15, 0.2) is 0 Å². The first-order valence-electron chi connectivity index (χ1n) is 15.4. The van der Waals surface area contributed by atoms with Crippen molar-refractivity contribution in [2.75, 3.05) is 17.4 Å². The fourth-order valence-corrected chi connectivity index (χ4v) is 6.84. The number of sulfonamides is 1. The summed E-state index contributed by atoms with van der Waals surface area (Å²) in [6.07, 6.45) is 0.253. The SMILES string of the molecule is Cc1ccc(S(=O)(=O)N(CC(=O)N(Cc2cccc(C)c2)[C@H](Cc2ccccc2)C(=O)NCC(C)C)c2cccc(Cl)c2C)cc1. The lowest BCUT2D eigenvalue weighted by Gasteiger charge is -2.34. The number of amides is 2. The molecule has 0 aromatic heterocycles. The number of anilines is 1. The lowest BCUT2D eigenvalue weighted by molar-refractivity contribution is -0.140. The smallest absolute Gasteiger partial charge is 0.264 e. The van der Waals surface area contributed by atoms with Crippen LogP contribution in [-0.2, 0) is 32.6 Å². The van der Waals surface area contributed by atoms with Crippen LogP contribution >= 0.6 is 11.6 Å². The molecule has 7 nitrogen and oxygen atoms in total. The first-order chi connectivity index (χ1) is 21.9. The topological polar surface area (TPSA) is 86.8 Å². The minimum absolute atomic E-state index is 0.0472. The van der Waals surface area contributed by atoms with Gasteiger partial charge in [0, 0.05) is 24.5 Å². The number of nitrogens with zero attached hydrogens (tertiary/aromatic N) is 2. The van der Waals surface area contributed by atoms with E-state index < -0.39 is 28.5 Å². The van der Waals surface area contributed by atoms with Gasteiger partial charge in [-0.1, -0.05) is 109 Å². The Morgan fingerprint density at radius 2 is 1.46 bits per heavy atom. The van der Waals surface area contributed by atoms with Crippen LogP contribution in [0.2, 0.25) is 5.02 Å². The van der Waals surface area contributed by atoms with Gasteiger partial charge in [-0.3, -0.25) is 13.9 Å². The van der Waals surface area contributed by atoms with Crippen LogP contribution in [0, 0.1) is 26.7 Å². The maximum atomic E-state index is 14.6. The number of hydrogen-bond donors (Lipinski definition) is 1. The van der Waals surface area contributed by atoms with E-state index in [-0.39, 0.29) is 29.7 Å². The van der Waals surface area contributed by atoms with Crippen LogP contribution in [0.1, 0.15) is 41.7 Å². The highest BCUT2D eigenvalue weighted by atomic mass is 35.5. The maximum Gasteiger partial charge on any atom is 0.264 e. The molecular formula is C37H42ClN3O4S. The summed E-state index contributed by atoms with van der Waals surface area (Å²) in [7, 11) is -4.22. The number of carbonyl (C=O) groups excluding carboxylic acids is 2. The Labute approximate surface area is 278 Å². The van der Waals surface area contributed by atoms with Crippen molar-refractivity contribution in [3.8, 4) is 0 Å². The quantitative estimate of drug-likeness (QED) is 0.170. The van der Waals surface area contributed by atoms with E-state index in [2.05, 4.69) is 5.32 Å². The molecule has 0 heterocycles. The van der Waals surface area contributed by atoms with E-state index >= 15 is 0 Å². The second kappa shape index (κ2) is 15.4. The Kier molecular flexibility index (Phi) is 11.7. The number of benzene rings is 4. The lowest BCUT2D eigenvalue weighted by atomic mass is 10.0. The van der Waals surface area contributed by atoms with E-state index in [1.807, 2.05) is 82.3 Å². The molecule has 4 aromatic rings. The summed E-state index contributed by atoms with van der Waals surface area (Å²) < 4.78 is 29.7. The minimum Gasteiger partial charge on any atom is -0.354 e. The summed E-state index contributed by atoms with van der Waals surface area (Å²) >= 11 is 6.47. The van der Waals surface area contributed by atoms with Crippen molar-refractivity contribution in [1.82, 2.24) is 10.2 Å².